The minimum absolute atomic E-state index is 0.0859. The van der Waals surface area contributed by atoms with Crippen molar-refractivity contribution in [1.29, 1.82) is 0 Å². The van der Waals surface area contributed by atoms with Crippen LogP contribution in [-0.2, 0) is 0 Å². The first-order chi connectivity index (χ1) is 10.1. The molecule has 0 radical (unpaired) electrons. The van der Waals surface area contributed by atoms with Gasteiger partial charge in [-0.15, -0.1) is 0 Å². The number of hydrogen-bond donors (Lipinski definition) is 2. The molecular weight excluding hydrogens is 379 g/mol. The second-order valence-corrected chi connectivity index (χ2v) is 5.74. The zero-order valence-electron chi connectivity index (χ0n) is 11.9. The number of rotatable bonds is 4. The van der Waals surface area contributed by atoms with Gasteiger partial charge in [-0.3, -0.25) is 0 Å². The maximum atomic E-state index is 12.0. The summed E-state index contributed by atoms with van der Waals surface area (Å²) in [5, 5.41) is 5.77. The topological polar surface area (TPSA) is 50.4 Å². The SMILES string of the molecule is COc1ccc(C(C)NC(=O)Nc2ccccc2I)cc1. The van der Waals surface area contributed by atoms with Crippen molar-refractivity contribution in [3.05, 3.63) is 57.7 Å². The molecule has 0 heterocycles. The van der Waals surface area contributed by atoms with Crippen molar-refractivity contribution in [2.45, 2.75) is 13.0 Å². The van der Waals surface area contributed by atoms with E-state index in [-0.39, 0.29) is 12.1 Å². The molecule has 4 nitrogen and oxygen atoms in total. The van der Waals surface area contributed by atoms with Crippen LogP contribution in [0.1, 0.15) is 18.5 Å². The van der Waals surface area contributed by atoms with Crippen LogP contribution in [0.2, 0.25) is 0 Å². The van der Waals surface area contributed by atoms with E-state index < -0.39 is 0 Å². The van der Waals surface area contributed by atoms with Gasteiger partial charge in [0, 0.05) is 3.57 Å². The number of carbonyl (C=O) groups excluding carboxylic acids is 1. The number of halogens is 1. The molecule has 110 valence electrons. The van der Waals surface area contributed by atoms with Crippen molar-refractivity contribution in [2.24, 2.45) is 0 Å². The van der Waals surface area contributed by atoms with Gasteiger partial charge in [-0.25, -0.2) is 4.79 Å². The molecule has 0 aromatic heterocycles. The van der Waals surface area contributed by atoms with E-state index in [0.29, 0.717) is 0 Å². The molecule has 2 rings (SSSR count). The lowest BCUT2D eigenvalue weighted by Gasteiger charge is -2.16. The second kappa shape index (κ2) is 7.31. The molecule has 1 unspecified atom stereocenters. The second-order valence-electron chi connectivity index (χ2n) is 4.57. The highest BCUT2D eigenvalue weighted by molar-refractivity contribution is 14.1. The van der Waals surface area contributed by atoms with Crippen LogP contribution in [0.5, 0.6) is 5.75 Å². The molecule has 1 atom stereocenters. The van der Waals surface area contributed by atoms with E-state index in [2.05, 4.69) is 33.2 Å². The monoisotopic (exact) mass is 396 g/mol. The van der Waals surface area contributed by atoms with Crippen molar-refractivity contribution in [3.8, 4) is 5.75 Å². The molecule has 0 spiro atoms. The Hall–Kier alpha value is -1.76. The Balaban J connectivity index is 1.97. The lowest BCUT2D eigenvalue weighted by atomic mass is 10.1. The van der Waals surface area contributed by atoms with Crippen molar-refractivity contribution >= 4 is 34.3 Å². The number of para-hydroxylation sites is 1. The average molecular weight is 396 g/mol. The maximum Gasteiger partial charge on any atom is 0.319 e. The van der Waals surface area contributed by atoms with Crippen molar-refractivity contribution in [2.75, 3.05) is 12.4 Å². The third-order valence-electron chi connectivity index (χ3n) is 3.09. The predicted molar refractivity (Wildman–Crippen MR) is 92.7 cm³/mol. The van der Waals surface area contributed by atoms with Gasteiger partial charge in [0.2, 0.25) is 0 Å². The van der Waals surface area contributed by atoms with E-state index in [1.165, 1.54) is 0 Å². The molecule has 2 amide bonds. The number of nitrogens with one attached hydrogen (secondary N) is 2. The number of ether oxygens (including phenoxy) is 1. The lowest BCUT2D eigenvalue weighted by Crippen LogP contribution is -2.31. The lowest BCUT2D eigenvalue weighted by molar-refractivity contribution is 0.249. The first kappa shape index (κ1) is 15.6. The first-order valence-electron chi connectivity index (χ1n) is 6.56. The van der Waals surface area contributed by atoms with Crippen LogP contribution in [0, 0.1) is 3.57 Å². The molecule has 5 heteroatoms. The largest absolute Gasteiger partial charge is 0.497 e. The van der Waals surface area contributed by atoms with Gasteiger partial charge in [-0.2, -0.15) is 0 Å². The molecule has 0 aliphatic carbocycles. The summed E-state index contributed by atoms with van der Waals surface area (Å²) in [6, 6.07) is 15.0. The smallest absolute Gasteiger partial charge is 0.319 e. The summed E-state index contributed by atoms with van der Waals surface area (Å²) in [5.74, 6) is 0.800. The number of benzene rings is 2. The van der Waals surface area contributed by atoms with Crippen LogP contribution in [0.25, 0.3) is 0 Å². The van der Waals surface area contributed by atoms with Crippen LogP contribution in [0.3, 0.4) is 0 Å². The summed E-state index contributed by atoms with van der Waals surface area (Å²) >= 11 is 2.19. The summed E-state index contributed by atoms with van der Waals surface area (Å²) in [5.41, 5.74) is 1.83. The number of urea groups is 1. The van der Waals surface area contributed by atoms with Gasteiger partial charge in [-0.05, 0) is 59.3 Å². The van der Waals surface area contributed by atoms with Gasteiger partial charge in [0.25, 0.3) is 0 Å². The third-order valence-corrected chi connectivity index (χ3v) is 4.03. The van der Waals surface area contributed by atoms with Gasteiger partial charge in [0.1, 0.15) is 5.75 Å². The quantitative estimate of drug-likeness (QED) is 0.762. The Morgan fingerprint density at radius 1 is 1.14 bits per heavy atom. The normalized spacial score (nSPS) is 11.6. The molecular formula is C16H17IN2O2. The molecule has 21 heavy (non-hydrogen) atoms. The molecule has 0 bridgehead atoms. The van der Waals surface area contributed by atoms with Crippen LogP contribution < -0.4 is 15.4 Å². The Bertz CT molecular complexity index is 614. The Morgan fingerprint density at radius 3 is 2.43 bits per heavy atom. The molecule has 2 N–H and O–H groups in total. The van der Waals surface area contributed by atoms with E-state index in [1.54, 1.807) is 7.11 Å². The van der Waals surface area contributed by atoms with Crippen LogP contribution in [0.4, 0.5) is 10.5 Å². The average Bonchev–Trinajstić information content (AvgIpc) is 2.49. The van der Waals surface area contributed by atoms with Crippen LogP contribution in [0.15, 0.2) is 48.5 Å². The Labute approximate surface area is 138 Å². The number of amides is 2. The van der Waals surface area contributed by atoms with Crippen LogP contribution >= 0.6 is 22.6 Å². The molecule has 0 saturated carbocycles. The summed E-state index contributed by atoms with van der Waals surface area (Å²) in [6.07, 6.45) is 0. The van der Waals surface area contributed by atoms with Gasteiger partial charge in [0.15, 0.2) is 0 Å². The number of carbonyl (C=O) groups is 1. The van der Waals surface area contributed by atoms with E-state index in [1.807, 2.05) is 55.5 Å². The highest BCUT2D eigenvalue weighted by Gasteiger charge is 2.10. The zero-order valence-corrected chi connectivity index (χ0v) is 14.0. The van der Waals surface area contributed by atoms with Crippen molar-refractivity contribution in [3.63, 3.8) is 0 Å². The highest BCUT2D eigenvalue weighted by Crippen LogP contribution is 2.19. The maximum absolute atomic E-state index is 12.0. The van der Waals surface area contributed by atoms with Gasteiger partial charge < -0.3 is 15.4 Å². The fourth-order valence-electron chi connectivity index (χ4n) is 1.89. The summed E-state index contributed by atoms with van der Waals surface area (Å²) in [4.78, 5) is 12.0. The number of methoxy groups -OCH3 is 1. The number of hydrogen-bond acceptors (Lipinski definition) is 2. The Morgan fingerprint density at radius 2 is 1.81 bits per heavy atom. The van der Waals surface area contributed by atoms with E-state index >= 15 is 0 Å². The zero-order chi connectivity index (χ0) is 15.2. The van der Waals surface area contributed by atoms with Crippen molar-refractivity contribution in [1.82, 2.24) is 5.32 Å². The minimum atomic E-state index is -0.220. The van der Waals surface area contributed by atoms with Crippen LogP contribution in [-0.4, -0.2) is 13.1 Å². The highest BCUT2D eigenvalue weighted by atomic mass is 127. The fourth-order valence-corrected chi connectivity index (χ4v) is 2.42. The molecule has 0 saturated heterocycles. The van der Waals surface area contributed by atoms with E-state index in [4.69, 9.17) is 4.74 Å². The fraction of sp³-hybridized carbons (Fsp3) is 0.188. The molecule has 0 fully saturated rings. The van der Waals surface area contributed by atoms with E-state index in [0.717, 1.165) is 20.6 Å². The molecule has 2 aromatic carbocycles. The van der Waals surface area contributed by atoms with E-state index in [9.17, 15) is 4.79 Å². The molecule has 0 aliphatic heterocycles. The summed E-state index contributed by atoms with van der Waals surface area (Å²) in [6.45, 7) is 1.94. The standard InChI is InChI=1S/C16H17IN2O2/c1-11(12-7-9-13(21-2)10-8-12)18-16(20)19-15-6-4-3-5-14(15)17/h3-11H,1-2H3,(H2,18,19,20). The Kier molecular flexibility index (Phi) is 5.44. The van der Waals surface area contributed by atoms with Gasteiger partial charge >= 0.3 is 6.03 Å². The molecule has 0 aliphatic rings. The summed E-state index contributed by atoms with van der Waals surface area (Å²) < 4.78 is 6.12. The summed E-state index contributed by atoms with van der Waals surface area (Å²) in [7, 11) is 1.63. The predicted octanol–water partition coefficient (Wildman–Crippen LogP) is 4.18. The third kappa shape index (κ3) is 4.35. The van der Waals surface area contributed by atoms with Crippen molar-refractivity contribution < 1.29 is 9.53 Å². The minimum Gasteiger partial charge on any atom is -0.497 e. The van der Waals surface area contributed by atoms with Gasteiger partial charge in [-0.1, -0.05) is 24.3 Å². The van der Waals surface area contributed by atoms with Gasteiger partial charge in [0.05, 0.1) is 18.8 Å². The first-order valence-corrected chi connectivity index (χ1v) is 7.64. The number of anilines is 1. The molecule has 2 aromatic rings.